The standard InChI is InChI=1S/C25H22N8/c1-16-8-9-18-17(10-13-29-24(18)32-21-7-3-4-11-27-21)23(16)33-25-19(6-5-12-28-25)20-14-22(26-2)31-15-30-20/h3-15H,1-2H3,(H,28,33)(H,26,30,31)(H,27,29,32). The molecule has 4 aromatic heterocycles. The van der Waals surface area contributed by atoms with E-state index in [1.54, 1.807) is 24.9 Å². The Morgan fingerprint density at radius 3 is 2.39 bits per heavy atom. The number of fused-ring (bicyclic) bond motifs is 1. The van der Waals surface area contributed by atoms with Crippen molar-refractivity contribution < 1.29 is 0 Å². The number of pyridine rings is 3. The second-order valence-corrected chi connectivity index (χ2v) is 7.42. The average molecular weight is 435 g/mol. The largest absolute Gasteiger partial charge is 0.373 e. The number of hydrogen-bond donors (Lipinski definition) is 3. The van der Waals surface area contributed by atoms with E-state index in [9.17, 15) is 0 Å². The molecule has 0 aliphatic heterocycles. The first-order valence-electron chi connectivity index (χ1n) is 10.5. The molecule has 0 amide bonds. The molecular formula is C25H22N8. The molecule has 0 spiro atoms. The van der Waals surface area contributed by atoms with Crippen LogP contribution in [-0.4, -0.2) is 32.0 Å². The summed E-state index contributed by atoms with van der Waals surface area (Å²) in [6, 6.07) is 17.7. The van der Waals surface area contributed by atoms with Crippen LogP contribution in [0, 0.1) is 6.92 Å². The van der Waals surface area contributed by atoms with Crippen molar-refractivity contribution in [2.45, 2.75) is 6.92 Å². The van der Waals surface area contributed by atoms with Gasteiger partial charge in [0.15, 0.2) is 0 Å². The number of aryl methyl sites for hydroxylation is 1. The van der Waals surface area contributed by atoms with E-state index in [0.29, 0.717) is 5.82 Å². The maximum Gasteiger partial charge on any atom is 0.139 e. The van der Waals surface area contributed by atoms with E-state index in [1.807, 2.05) is 49.5 Å². The topological polar surface area (TPSA) is 101 Å². The van der Waals surface area contributed by atoms with Crippen LogP contribution in [0.15, 0.2) is 79.5 Å². The lowest BCUT2D eigenvalue weighted by Crippen LogP contribution is -2.02. The van der Waals surface area contributed by atoms with Crippen LogP contribution in [0.4, 0.5) is 29.0 Å². The van der Waals surface area contributed by atoms with Crippen molar-refractivity contribution in [1.82, 2.24) is 24.9 Å². The molecule has 8 heteroatoms. The van der Waals surface area contributed by atoms with E-state index in [1.165, 1.54) is 0 Å². The molecule has 0 radical (unpaired) electrons. The van der Waals surface area contributed by atoms with E-state index >= 15 is 0 Å². The van der Waals surface area contributed by atoms with Crippen LogP contribution in [-0.2, 0) is 0 Å². The third-order valence-electron chi connectivity index (χ3n) is 5.32. The van der Waals surface area contributed by atoms with E-state index in [4.69, 9.17) is 0 Å². The van der Waals surface area contributed by atoms with Crippen molar-refractivity contribution in [3.05, 3.63) is 85.1 Å². The van der Waals surface area contributed by atoms with Crippen molar-refractivity contribution in [3.63, 3.8) is 0 Å². The average Bonchev–Trinajstić information content (AvgIpc) is 2.87. The Morgan fingerprint density at radius 2 is 1.55 bits per heavy atom. The zero-order chi connectivity index (χ0) is 22.6. The van der Waals surface area contributed by atoms with Crippen LogP contribution >= 0.6 is 0 Å². The summed E-state index contributed by atoms with van der Waals surface area (Å²) in [5, 5.41) is 11.9. The lowest BCUT2D eigenvalue weighted by molar-refractivity contribution is 1.16. The van der Waals surface area contributed by atoms with Gasteiger partial charge in [0.2, 0.25) is 0 Å². The van der Waals surface area contributed by atoms with Gasteiger partial charge in [0.1, 0.15) is 29.6 Å². The van der Waals surface area contributed by atoms with Gasteiger partial charge in [-0.2, -0.15) is 0 Å². The van der Waals surface area contributed by atoms with Gasteiger partial charge in [0.05, 0.1) is 11.4 Å². The van der Waals surface area contributed by atoms with E-state index in [2.05, 4.69) is 59.9 Å². The lowest BCUT2D eigenvalue weighted by atomic mass is 10.0. The molecule has 0 aliphatic carbocycles. The second-order valence-electron chi connectivity index (χ2n) is 7.42. The zero-order valence-electron chi connectivity index (χ0n) is 18.2. The monoisotopic (exact) mass is 434 g/mol. The van der Waals surface area contributed by atoms with Crippen molar-refractivity contribution in [2.75, 3.05) is 23.0 Å². The van der Waals surface area contributed by atoms with Gasteiger partial charge in [0.25, 0.3) is 0 Å². The Morgan fingerprint density at radius 1 is 0.667 bits per heavy atom. The minimum absolute atomic E-state index is 0.713. The van der Waals surface area contributed by atoms with Crippen molar-refractivity contribution in [2.24, 2.45) is 0 Å². The van der Waals surface area contributed by atoms with Gasteiger partial charge in [-0.25, -0.2) is 24.9 Å². The van der Waals surface area contributed by atoms with Gasteiger partial charge < -0.3 is 16.0 Å². The number of nitrogens with zero attached hydrogens (tertiary/aromatic N) is 5. The summed E-state index contributed by atoms with van der Waals surface area (Å²) in [7, 11) is 1.83. The molecule has 0 unspecified atom stereocenters. The summed E-state index contributed by atoms with van der Waals surface area (Å²) in [6.07, 6.45) is 6.85. The third kappa shape index (κ3) is 4.14. The highest BCUT2D eigenvalue weighted by Crippen LogP contribution is 2.35. The Bertz CT molecular complexity index is 1420. The number of hydrogen-bond acceptors (Lipinski definition) is 8. The summed E-state index contributed by atoms with van der Waals surface area (Å²) >= 11 is 0. The van der Waals surface area contributed by atoms with Crippen LogP contribution in [0.25, 0.3) is 22.0 Å². The molecule has 0 saturated heterocycles. The summed E-state index contributed by atoms with van der Waals surface area (Å²) in [6.45, 7) is 2.07. The van der Waals surface area contributed by atoms with Gasteiger partial charge >= 0.3 is 0 Å². The molecule has 0 aliphatic rings. The van der Waals surface area contributed by atoms with Crippen molar-refractivity contribution >= 4 is 39.7 Å². The molecule has 5 aromatic rings. The van der Waals surface area contributed by atoms with Crippen LogP contribution in [0.5, 0.6) is 0 Å². The first kappa shape index (κ1) is 20.3. The van der Waals surface area contributed by atoms with Crippen molar-refractivity contribution in [3.8, 4) is 11.3 Å². The van der Waals surface area contributed by atoms with E-state index in [0.717, 1.165) is 50.7 Å². The van der Waals surface area contributed by atoms with E-state index < -0.39 is 0 Å². The molecule has 0 fully saturated rings. The molecule has 8 nitrogen and oxygen atoms in total. The Balaban J connectivity index is 1.58. The smallest absolute Gasteiger partial charge is 0.139 e. The molecule has 0 saturated carbocycles. The van der Waals surface area contributed by atoms with Gasteiger partial charge in [-0.15, -0.1) is 0 Å². The molecule has 3 N–H and O–H groups in total. The summed E-state index contributed by atoms with van der Waals surface area (Å²) in [5.74, 6) is 2.94. The molecular weight excluding hydrogens is 412 g/mol. The third-order valence-corrected chi connectivity index (χ3v) is 5.32. The number of anilines is 5. The molecule has 33 heavy (non-hydrogen) atoms. The van der Waals surface area contributed by atoms with Gasteiger partial charge in [-0.05, 0) is 42.8 Å². The van der Waals surface area contributed by atoms with Crippen LogP contribution in [0.1, 0.15) is 5.56 Å². The fourth-order valence-corrected chi connectivity index (χ4v) is 3.66. The molecule has 0 bridgehead atoms. The molecule has 5 rings (SSSR count). The Labute approximate surface area is 191 Å². The normalized spacial score (nSPS) is 10.7. The number of aromatic nitrogens is 5. The Hall–Kier alpha value is -4.59. The minimum Gasteiger partial charge on any atom is -0.373 e. The van der Waals surface area contributed by atoms with Crippen molar-refractivity contribution in [1.29, 1.82) is 0 Å². The first-order chi connectivity index (χ1) is 16.2. The second kappa shape index (κ2) is 8.88. The zero-order valence-corrected chi connectivity index (χ0v) is 18.2. The van der Waals surface area contributed by atoms with E-state index in [-0.39, 0.29) is 0 Å². The summed E-state index contributed by atoms with van der Waals surface area (Å²) in [4.78, 5) is 22.2. The fraction of sp³-hybridized carbons (Fsp3) is 0.0800. The first-order valence-corrected chi connectivity index (χ1v) is 10.5. The van der Waals surface area contributed by atoms with Gasteiger partial charge in [-0.3, -0.25) is 0 Å². The quantitative estimate of drug-likeness (QED) is 0.330. The highest BCUT2D eigenvalue weighted by atomic mass is 15.1. The molecule has 162 valence electrons. The predicted octanol–water partition coefficient (Wildman–Crippen LogP) is 5.32. The molecule has 4 heterocycles. The predicted molar refractivity (Wildman–Crippen MR) is 132 cm³/mol. The molecule has 1 aromatic carbocycles. The fourth-order valence-electron chi connectivity index (χ4n) is 3.66. The highest BCUT2D eigenvalue weighted by molar-refractivity contribution is 6.03. The van der Waals surface area contributed by atoms with Crippen LogP contribution in [0.3, 0.4) is 0 Å². The summed E-state index contributed by atoms with van der Waals surface area (Å²) < 4.78 is 0. The number of rotatable bonds is 6. The van der Waals surface area contributed by atoms with Crippen LogP contribution < -0.4 is 16.0 Å². The maximum absolute atomic E-state index is 4.61. The SMILES string of the molecule is CNc1cc(-c2cccnc2Nc2c(C)ccc3c(Nc4ccccn4)nccc23)ncn1. The number of nitrogens with one attached hydrogen (secondary N) is 3. The summed E-state index contributed by atoms with van der Waals surface area (Å²) in [5.41, 5.74) is 3.71. The minimum atomic E-state index is 0.713. The molecule has 0 atom stereocenters. The maximum atomic E-state index is 4.61. The van der Waals surface area contributed by atoms with Gasteiger partial charge in [0, 0.05) is 48.0 Å². The van der Waals surface area contributed by atoms with Crippen LogP contribution in [0.2, 0.25) is 0 Å². The number of benzene rings is 1. The highest BCUT2D eigenvalue weighted by Gasteiger charge is 2.14. The Kier molecular flexibility index (Phi) is 5.47. The lowest BCUT2D eigenvalue weighted by Gasteiger charge is -2.16. The van der Waals surface area contributed by atoms with Gasteiger partial charge in [-0.1, -0.05) is 18.2 Å².